The zero-order valence-electron chi connectivity index (χ0n) is 20.7. The Kier molecular flexibility index (Phi) is 6.83. The summed E-state index contributed by atoms with van der Waals surface area (Å²) in [7, 11) is 0. The first-order chi connectivity index (χ1) is 19.5. The number of Topliss-reactive ketones (excluding diaryl/α,β-unsaturated/α-hetero) is 2. The second kappa shape index (κ2) is 10.3. The normalized spacial score (nSPS) is 15.1. The number of fused-ring (bicyclic) bond motifs is 2. The number of esters is 1. The molecule has 0 aliphatic carbocycles. The highest BCUT2D eigenvalue weighted by molar-refractivity contribution is 6.45. The third-order valence-electron chi connectivity index (χ3n) is 6.62. The van der Waals surface area contributed by atoms with Crippen molar-refractivity contribution in [2.24, 2.45) is 5.92 Å². The van der Waals surface area contributed by atoms with Crippen LogP contribution in [0.15, 0.2) is 84.9 Å². The SMILES string of the molecule is O=C(Nc1ccc(C(F)(F)F)cc1[N+](=O)[O-])C(=O)[C@H](C(=O)c1ccc2ccccc2c1)[C@@H]1OC(=O)c2ccccc21. The maximum absolute atomic E-state index is 13.8. The van der Waals surface area contributed by atoms with E-state index in [-0.39, 0.29) is 22.8 Å². The minimum Gasteiger partial charge on any atom is -0.453 e. The van der Waals surface area contributed by atoms with Gasteiger partial charge >= 0.3 is 12.1 Å². The number of ether oxygens (including phenoxy) is 1. The van der Waals surface area contributed by atoms with E-state index in [1.165, 1.54) is 24.3 Å². The molecule has 1 heterocycles. The zero-order valence-corrected chi connectivity index (χ0v) is 20.7. The molecule has 5 rings (SSSR count). The molecule has 0 saturated heterocycles. The van der Waals surface area contributed by atoms with Crippen LogP contribution < -0.4 is 5.32 Å². The van der Waals surface area contributed by atoms with Gasteiger partial charge in [0.1, 0.15) is 17.7 Å². The van der Waals surface area contributed by atoms with E-state index in [0.717, 1.165) is 5.39 Å². The number of rotatable bonds is 7. The van der Waals surface area contributed by atoms with Crippen LogP contribution in [0.2, 0.25) is 0 Å². The number of carbonyl (C=O) groups excluding carboxylic acids is 4. The number of ketones is 2. The number of benzene rings is 4. The Labute approximate surface area is 228 Å². The van der Waals surface area contributed by atoms with E-state index in [9.17, 15) is 42.5 Å². The van der Waals surface area contributed by atoms with E-state index < -0.39 is 63.5 Å². The second-order valence-corrected chi connectivity index (χ2v) is 9.12. The number of hydrogen-bond acceptors (Lipinski definition) is 7. The molecule has 2 atom stereocenters. The number of hydrogen-bond donors (Lipinski definition) is 1. The Bertz CT molecular complexity index is 1770. The van der Waals surface area contributed by atoms with Gasteiger partial charge in [-0.15, -0.1) is 0 Å². The second-order valence-electron chi connectivity index (χ2n) is 9.12. The molecule has 0 radical (unpaired) electrons. The van der Waals surface area contributed by atoms with Crippen molar-refractivity contribution in [2.75, 3.05) is 5.32 Å². The molecule has 0 spiro atoms. The van der Waals surface area contributed by atoms with Crippen LogP contribution in [0, 0.1) is 16.0 Å². The van der Waals surface area contributed by atoms with Gasteiger partial charge in [-0.1, -0.05) is 54.6 Å². The van der Waals surface area contributed by atoms with Gasteiger partial charge < -0.3 is 10.1 Å². The Morgan fingerprint density at radius 1 is 0.902 bits per heavy atom. The van der Waals surface area contributed by atoms with Crippen LogP contribution >= 0.6 is 0 Å². The number of anilines is 1. The molecule has 4 aromatic rings. The summed E-state index contributed by atoms with van der Waals surface area (Å²) in [6.45, 7) is 0. The molecule has 9 nitrogen and oxygen atoms in total. The molecule has 0 bridgehead atoms. The van der Waals surface area contributed by atoms with E-state index in [0.29, 0.717) is 17.5 Å². The topological polar surface area (TPSA) is 133 Å². The fourth-order valence-electron chi connectivity index (χ4n) is 4.63. The van der Waals surface area contributed by atoms with Crippen LogP contribution in [0.3, 0.4) is 0 Å². The van der Waals surface area contributed by atoms with Gasteiger partial charge in [0.25, 0.3) is 11.6 Å². The standard InChI is InChI=1S/C29H17F3N2O7/c30-29(31,32)18-11-12-21(22(14-18)34(39)40)33-27(37)25(36)23(26-19-7-3-4-8-20(19)28(38)41-26)24(35)17-10-9-15-5-1-2-6-16(15)13-17/h1-14,23,26H,(H,33,37)/t23-,26+/m0/s1. The number of halogens is 3. The summed E-state index contributed by atoms with van der Waals surface area (Å²) < 4.78 is 44.6. The lowest BCUT2D eigenvalue weighted by Crippen LogP contribution is -2.38. The number of nitrogens with zero attached hydrogens (tertiary/aromatic N) is 1. The zero-order chi connectivity index (χ0) is 29.5. The molecular weight excluding hydrogens is 545 g/mol. The van der Waals surface area contributed by atoms with Gasteiger partial charge in [0.2, 0.25) is 5.78 Å². The number of carbonyl (C=O) groups is 4. The maximum Gasteiger partial charge on any atom is 0.416 e. The number of nitro benzene ring substituents is 1. The maximum atomic E-state index is 13.8. The summed E-state index contributed by atoms with van der Waals surface area (Å²) in [6.07, 6.45) is -6.40. The molecule has 0 aromatic heterocycles. The minimum absolute atomic E-state index is 0.0239. The van der Waals surface area contributed by atoms with Crippen LogP contribution in [-0.2, 0) is 20.5 Å². The van der Waals surface area contributed by atoms with Gasteiger partial charge in [-0.05, 0) is 35.0 Å². The van der Waals surface area contributed by atoms with Gasteiger partial charge in [-0.25, -0.2) is 4.79 Å². The Hall–Kier alpha value is -5.39. The quantitative estimate of drug-likeness (QED) is 0.0765. The minimum atomic E-state index is -4.90. The average molecular weight is 562 g/mol. The van der Waals surface area contributed by atoms with Gasteiger partial charge in [0.15, 0.2) is 5.78 Å². The first-order valence-electron chi connectivity index (χ1n) is 12.0. The van der Waals surface area contributed by atoms with Crippen LogP contribution in [0.1, 0.15) is 37.9 Å². The van der Waals surface area contributed by atoms with Gasteiger partial charge in [0.05, 0.1) is 16.1 Å². The van der Waals surface area contributed by atoms with Crippen molar-refractivity contribution in [1.29, 1.82) is 0 Å². The van der Waals surface area contributed by atoms with Crippen molar-refractivity contribution in [3.8, 4) is 0 Å². The summed E-state index contributed by atoms with van der Waals surface area (Å²) >= 11 is 0. The summed E-state index contributed by atoms with van der Waals surface area (Å²) in [4.78, 5) is 63.3. The fourth-order valence-corrected chi connectivity index (χ4v) is 4.63. The Balaban J connectivity index is 1.54. The third-order valence-corrected chi connectivity index (χ3v) is 6.62. The number of nitrogens with one attached hydrogen (secondary N) is 1. The van der Waals surface area contributed by atoms with E-state index in [1.807, 2.05) is 5.32 Å². The molecule has 0 fully saturated rings. The molecule has 1 aliphatic rings. The highest BCUT2D eigenvalue weighted by atomic mass is 19.4. The predicted molar refractivity (Wildman–Crippen MR) is 138 cm³/mol. The van der Waals surface area contributed by atoms with Crippen molar-refractivity contribution in [1.82, 2.24) is 0 Å². The van der Waals surface area contributed by atoms with Crippen molar-refractivity contribution in [3.05, 3.63) is 117 Å². The van der Waals surface area contributed by atoms with Crippen molar-refractivity contribution in [2.45, 2.75) is 12.3 Å². The molecular formula is C29H17F3N2O7. The Morgan fingerprint density at radius 3 is 2.29 bits per heavy atom. The van der Waals surface area contributed by atoms with E-state index >= 15 is 0 Å². The number of amides is 1. The van der Waals surface area contributed by atoms with Crippen LogP contribution in [-0.4, -0.2) is 28.4 Å². The molecule has 1 N–H and O–H groups in total. The predicted octanol–water partition coefficient (Wildman–Crippen LogP) is 5.69. The molecule has 41 heavy (non-hydrogen) atoms. The lowest BCUT2D eigenvalue weighted by atomic mass is 9.84. The van der Waals surface area contributed by atoms with Crippen molar-refractivity contribution >= 4 is 45.6 Å². The van der Waals surface area contributed by atoms with E-state index in [1.54, 1.807) is 42.5 Å². The fraction of sp³-hybridized carbons (Fsp3) is 0.103. The average Bonchev–Trinajstić information content (AvgIpc) is 3.28. The molecule has 12 heteroatoms. The molecule has 1 amide bonds. The van der Waals surface area contributed by atoms with Gasteiger partial charge in [-0.3, -0.25) is 24.5 Å². The van der Waals surface area contributed by atoms with Crippen molar-refractivity contribution in [3.63, 3.8) is 0 Å². The number of alkyl halides is 3. The lowest BCUT2D eigenvalue weighted by molar-refractivity contribution is -0.384. The van der Waals surface area contributed by atoms with Gasteiger partial charge in [0, 0.05) is 17.2 Å². The summed E-state index contributed by atoms with van der Waals surface area (Å²) in [5, 5.41) is 14.9. The highest BCUT2D eigenvalue weighted by Gasteiger charge is 2.46. The molecule has 0 unspecified atom stereocenters. The lowest BCUT2D eigenvalue weighted by Gasteiger charge is -2.21. The monoisotopic (exact) mass is 562 g/mol. The molecule has 4 aromatic carbocycles. The van der Waals surface area contributed by atoms with E-state index in [2.05, 4.69) is 0 Å². The molecule has 206 valence electrons. The largest absolute Gasteiger partial charge is 0.453 e. The first-order valence-corrected chi connectivity index (χ1v) is 12.0. The van der Waals surface area contributed by atoms with Crippen LogP contribution in [0.5, 0.6) is 0 Å². The highest BCUT2D eigenvalue weighted by Crippen LogP contribution is 2.39. The van der Waals surface area contributed by atoms with Crippen LogP contribution in [0.25, 0.3) is 10.8 Å². The Morgan fingerprint density at radius 2 is 1.59 bits per heavy atom. The summed E-state index contributed by atoms with van der Waals surface area (Å²) in [6, 6.07) is 18.9. The first kappa shape index (κ1) is 27.2. The number of cyclic esters (lactones) is 1. The summed E-state index contributed by atoms with van der Waals surface area (Å²) in [5.74, 6) is -6.53. The molecule has 1 aliphatic heterocycles. The summed E-state index contributed by atoms with van der Waals surface area (Å²) in [5.41, 5.74) is -2.86. The molecule has 0 saturated carbocycles. The van der Waals surface area contributed by atoms with Gasteiger partial charge in [-0.2, -0.15) is 13.2 Å². The number of nitro groups is 1. The van der Waals surface area contributed by atoms with E-state index in [4.69, 9.17) is 4.74 Å². The third kappa shape index (κ3) is 5.14. The van der Waals surface area contributed by atoms with Crippen LogP contribution in [0.4, 0.5) is 24.5 Å². The van der Waals surface area contributed by atoms with Crippen molar-refractivity contribution < 1.29 is 42.0 Å². The smallest absolute Gasteiger partial charge is 0.416 e.